The highest BCUT2D eigenvalue weighted by Crippen LogP contribution is 2.21. The Morgan fingerprint density at radius 3 is 2.50 bits per heavy atom. The Kier molecular flexibility index (Phi) is 11.5. The zero-order valence-corrected chi connectivity index (χ0v) is 15.3. The van der Waals surface area contributed by atoms with Crippen LogP contribution in [0, 0.1) is 0 Å². The maximum absolute atomic E-state index is 3.93. The molecule has 0 spiro atoms. The van der Waals surface area contributed by atoms with Crippen LogP contribution in [-0.2, 0) is 6.42 Å². The minimum atomic E-state index is 0. The van der Waals surface area contributed by atoms with Gasteiger partial charge in [0.2, 0.25) is 0 Å². The number of thiazole rings is 1. The molecule has 3 nitrogen and oxygen atoms in total. The standard InChI is InChI=1S/C11H13N3S.3BrH/c12-5-4-10-7-15-11(14-10)8-2-1-3-9(13)6-8;;;/h1-3,6-7H,4-5,12-13H2;3*1H. The van der Waals surface area contributed by atoms with Gasteiger partial charge < -0.3 is 62.4 Å². The molecule has 102 valence electrons. The highest BCUT2D eigenvalue weighted by atomic mass is 79.9. The molecule has 1 aromatic carbocycles. The van der Waals surface area contributed by atoms with Gasteiger partial charge in [-0.25, -0.2) is 0 Å². The second-order valence-corrected chi connectivity index (χ2v) is 4.40. The molecule has 0 radical (unpaired) electrons. The van der Waals surface area contributed by atoms with Gasteiger partial charge in [-0.15, -0.1) is 0 Å². The maximum atomic E-state index is 3.93. The van der Waals surface area contributed by atoms with Crippen LogP contribution in [0.3, 0.4) is 0 Å². The van der Waals surface area contributed by atoms with Gasteiger partial charge in [-0.2, -0.15) is 4.98 Å². The van der Waals surface area contributed by atoms with Crippen LogP contribution in [0.4, 0.5) is 5.69 Å². The molecule has 1 aromatic heterocycles. The minimum Gasteiger partial charge on any atom is -1.00 e. The van der Waals surface area contributed by atoms with Crippen LogP contribution in [0.25, 0.3) is 10.6 Å². The number of nitrogens with one attached hydrogen (secondary N) is 1. The average molecular weight is 462 g/mol. The number of aromatic nitrogens is 1. The van der Waals surface area contributed by atoms with Gasteiger partial charge >= 0.3 is 0 Å². The molecule has 0 aliphatic heterocycles. The van der Waals surface area contributed by atoms with E-state index in [0.717, 1.165) is 18.7 Å². The van der Waals surface area contributed by atoms with Gasteiger partial charge in [0.25, 0.3) is 5.01 Å². The molecular weight excluding hydrogens is 446 g/mol. The van der Waals surface area contributed by atoms with E-state index in [1.54, 1.807) is 11.3 Å². The molecule has 2 aromatic rings. The van der Waals surface area contributed by atoms with Crippen molar-refractivity contribution in [2.24, 2.45) is 0 Å². The molecule has 0 saturated carbocycles. The second-order valence-electron chi connectivity index (χ2n) is 3.52. The van der Waals surface area contributed by atoms with Gasteiger partial charge in [0.05, 0.1) is 23.9 Å². The first-order valence-corrected chi connectivity index (χ1v) is 5.89. The smallest absolute Gasteiger partial charge is 0.267 e. The lowest BCUT2D eigenvalue weighted by Crippen LogP contribution is -3.00. The molecule has 0 bridgehead atoms. The summed E-state index contributed by atoms with van der Waals surface area (Å²) in [4.78, 5) is 3.41. The van der Waals surface area contributed by atoms with E-state index in [0.29, 0.717) is 0 Å². The van der Waals surface area contributed by atoms with Crippen molar-refractivity contribution in [3.8, 4) is 10.6 Å². The lowest BCUT2D eigenvalue weighted by atomic mass is 10.2. The van der Waals surface area contributed by atoms with E-state index in [1.807, 2.05) is 12.1 Å². The molecule has 0 aliphatic carbocycles. The third kappa shape index (κ3) is 5.46. The summed E-state index contributed by atoms with van der Waals surface area (Å²) in [7, 11) is 0. The molecule has 0 amide bonds. The van der Waals surface area contributed by atoms with E-state index in [9.17, 15) is 0 Å². The average Bonchev–Trinajstić information content (AvgIpc) is 2.67. The van der Waals surface area contributed by atoms with Crippen molar-refractivity contribution in [1.82, 2.24) is 0 Å². The summed E-state index contributed by atoms with van der Waals surface area (Å²) in [5.74, 6) is 0. The van der Waals surface area contributed by atoms with Crippen LogP contribution in [-0.4, -0.2) is 6.54 Å². The lowest BCUT2D eigenvalue weighted by molar-refractivity contribution is -0.394. The normalized spacial score (nSPS) is 8.78. The first-order chi connectivity index (χ1) is 7.29. The lowest BCUT2D eigenvalue weighted by Gasteiger charge is -1.90. The third-order valence-electron chi connectivity index (χ3n) is 2.23. The van der Waals surface area contributed by atoms with Gasteiger partial charge in [-0.1, -0.05) is 17.4 Å². The van der Waals surface area contributed by atoms with E-state index >= 15 is 0 Å². The molecule has 0 fully saturated rings. The molecule has 0 saturated heterocycles. The molecule has 7 heteroatoms. The Bertz CT molecular complexity index is 462. The fourth-order valence-corrected chi connectivity index (χ4v) is 2.39. The van der Waals surface area contributed by atoms with Crippen molar-refractivity contribution in [2.45, 2.75) is 6.42 Å². The monoisotopic (exact) mass is 459 g/mol. The number of rotatable bonds is 3. The highest BCUT2D eigenvalue weighted by Gasteiger charge is 2.12. The quantitative estimate of drug-likeness (QED) is 0.456. The molecule has 2 rings (SSSR count). The molecule has 0 aliphatic rings. The van der Waals surface area contributed by atoms with E-state index < -0.39 is 0 Å². The molecular formula is C11H16Br3N3S. The zero-order chi connectivity index (χ0) is 10.7. The second kappa shape index (κ2) is 10.1. The van der Waals surface area contributed by atoms with Crippen molar-refractivity contribution in [3.05, 3.63) is 35.3 Å². The Balaban J connectivity index is 0. The minimum absolute atomic E-state index is 0. The van der Waals surface area contributed by atoms with Gasteiger partial charge in [-0.05, 0) is 12.1 Å². The number of aromatic amines is 1. The largest absolute Gasteiger partial charge is 1.00 e. The molecule has 0 unspecified atom stereocenters. The topological polar surface area (TPSA) is 69.4 Å². The summed E-state index contributed by atoms with van der Waals surface area (Å²) in [5.41, 5.74) is 11.3. The van der Waals surface area contributed by atoms with Crippen LogP contribution in [0.2, 0.25) is 0 Å². The number of quaternary nitrogens is 2. The van der Waals surface area contributed by atoms with E-state index in [4.69, 9.17) is 0 Å². The van der Waals surface area contributed by atoms with Crippen LogP contribution >= 0.6 is 11.3 Å². The van der Waals surface area contributed by atoms with Gasteiger partial charge in [0, 0.05) is 6.07 Å². The SMILES string of the molecule is [Br-].[Br-].[Br-].[NH3+]CCc1csc(-c2cccc([NH3+])c2)[nH+]1. The predicted molar refractivity (Wildman–Crippen MR) is 60.3 cm³/mol. The molecule has 1 heterocycles. The number of halogens is 3. The van der Waals surface area contributed by atoms with Crippen molar-refractivity contribution >= 4 is 17.0 Å². The fourth-order valence-electron chi connectivity index (χ4n) is 1.50. The van der Waals surface area contributed by atoms with E-state index in [1.165, 1.54) is 16.3 Å². The molecule has 0 atom stereocenters. The summed E-state index contributed by atoms with van der Waals surface area (Å²) in [6.07, 6.45) is 1.01. The van der Waals surface area contributed by atoms with E-state index in [2.05, 4.69) is 34.0 Å². The van der Waals surface area contributed by atoms with Crippen LogP contribution in [0.15, 0.2) is 29.6 Å². The predicted octanol–water partition coefficient (Wildman–Crippen LogP) is -9.10. The van der Waals surface area contributed by atoms with Gasteiger partial charge in [-0.3, -0.25) is 0 Å². The summed E-state index contributed by atoms with van der Waals surface area (Å²) >= 11 is 1.74. The van der Waals surface area contributed by atoms with Crippen molar-refractivity contribution < 1.29 is 67.4 Å². The van der Waals surface area contributed by atoms with Crippen molar-refractivity contribution in [3.63, 3.8) is 0 Å². The Morgan fingerprint density at radius 2 is 1.89 bits per heavy atom. The Morgan fingerprint density at radius 1 is 1.17 bits per heavy atom. The summed E-state index contributed by atoms with van der Waals surface area (Å²) in [6, 6.07) is 8.24. The fraction of sp³-hybridized carbons (Fsp3) is 0.182. The van der Waals surface area contributed by atoms with Crippen molar-refractivity contribution in [2.75, 3.05) is 6.54 Å². The summed E-state index contributed by atoms with van der Waals surface area (Å²) in [6.45, 7) is 0.933. The highest BCUT2D eigenvalue weighted by molar-refractivity contribution is 7.12. The number of H-pyrrole nitrogens is 1. The Labute approximate surface area is 142 Å². The van der Waals surface area contributed by atoms with Crippen molar-refractivity contribution in [1.29, 1.82) is 0 Å². The first-order valence-electron chi connectivity index (χ1n) is 5.01. The first kappa shape index (κ1) is 20.5. The summed E-state index contributed by atoms with van der Waals surface area (Å²) in [5, 5.41) is 3.36. The Hall–Kier alpha value is 0.210. The van der Waals surface area contributed by atoms with Gasteiger partial charge in [0.1, 0.15) is 5.69 Å². The number of hydrogen-bond acceptors (Lipinski definition) is 1. The van der Waals surface area contributed by atoms with Crippen LogP contribution < -0.4 is 67.4 Å². The van der Waals surface area contributed by atoms with Crippen LogP contribution in [0.1, 0.15) is 5.69 Å². The van der Waals surface area contributed by atoms with Crippen LogP contribution in [0.5, 0.6) is 0 Å². The van der Waals surface area contributed by atoms with Gasteiger partial charge in [0.15, 0.2) is 5.69 Å². The third-order valence-corrected chi connectivity index (χ3v) is 3.20. The zero-order valence-electron chi connectivity index (χ0n) is 9.76. The number of benzene rings is 1. The summed E-state index contributed by atoms with van der Waals surface area (Å²) < 4.78 is 0. The molecule has 18 heavy (non-hydrogen) atoms. The maximum Gasteiger partial charge on any atom is 0.267 e. The number of hydrogen-bond donors (Lipinski definition) is 2. The van der Waals surface area contributed by atoms with E-state index in [-0.39, 0.29) is 50.9 Å². The molecule has 7 N–H and O–H groups in total.